The largest absolute Gasteiger partial charge is 0.392 e. The first-order valence-electron chi connectivity index (χ1n) is 11.5. The lowest BCUT2D eigenvalue weighted by Crippen LogP contribution is -2.44. The number of nitrogens with two attached hydrogens (primary N) is 3. The molecule has 11 heteroatoms. The van der Waals surface area contributed by atoms with Gasteiger partial charge in [-0.15, -0.1) is 0 Å². The van der Waals surface area contributed by atoms with Gasteiger partial charge >= 0.3 is 0 Å². The van der Waals surface area contributed by atoms with E-state index in [9.17, 15) is 18.7 Å². The number of fused-ring (bicyclic) bond motifs is 1. The van der Waals surface area contributed by atoms with E-state index in [0.29, 0.717) is 37.3 Å². The summed E-state index contributed by atoms with van der Waals surface area (Å²) in [5, 5.41) is 9.99. The van der Waals surface area contributed by atoms with E-state index in [1.54, 1.807) is 6.92 Å². The monoisotopic (exact) mass is 502 g/mol. The first-order valence-corrected chi connectivity index (χ1v) is 12.4. The molecule has 3 aliphatic rings. The van der Waals surface area contributed by atoms with Gasteiger partial charge in [0, 0.05) is 24.7 Å². The molecule has 5 rings (SSSR count). The van der Waals surface area contributed by atoms with Gasteiger partial charge in [0.25, 0.3) is 5.91 Å². The van der Waals surface area contributed by atoms with E-state index < -0.39 is 28.5 Å². The van der Waals surface area contributed by atoms with Gasteiger partial charge in [-0.1, -0.05) is 17.8 Å². The van der Waals surface area contributed by atoms with Crippen LogP contribution in [0.5, 0.6) is 0 Å². The molecule has 0 radical (unpaired) electrons. The third-order valence-corrected chi connectivity index (χ3v) is 8.08. The molecule has 2 aromatic rings. The average molecular weight is 503 g/mol. The van der Waals surface area contributed by atoms with Crippen molar-refractivity contribution in [2.75, 3.05) is 22.9 Å². The van der Waals surface area contributed by atoms with Crippen LogP contribution >= 0.6 is 11.8 Å². The molecule has 3 heterocycles. The third-order valence-electron chi connectivity index (χ3n) is 6.96. The highest BCUT2D eigenvalue weighted by molar-refractivity contribution is 8.03. The maximum Gasteiger partial charge on any atom is 0.268 e. The van der Waals surface area contributed by atoms with Crippen molar-refractivity contribution in [2.24, 2.45) is 17.2 Å². The summed E-state index contributed by atoms with van der Waals surface area (Å²) >= 11 is 0.957. The van der Waals surface area contributed by atoms with Crippen LogP contribution in [-0.2, 0) is 16.8 Å². The Bertz CT molecular complexity index is 1220. The number of carbonyl (C=O) groups is 1. The first kappa shape index (κ1) is 23.8. The Balaban J connectivity index is 1.75. The van der Waals surface area contributed by atoms with Gasteiger partial charge in [-0.25, -0.2) is 8.78 Å². The minimum Gasteiger partial charge on any atom is -0.392 e. The summed E-state index contributed by atoms with van der Waals surface area (Å²) in [4.78, 5) is 20.7. The molecule has 0 bridgehead atoms. The Morgan fingerprint density at radius 2 is 2.03 bits per heavy atom. The second-order valence-corrected chi connectivity index (χ2v) is 10.6. The Hall–Kier alpha value is -2.89. The second kappa shape index (κ2) is 8.65. The predicted molar refractivity (Wildman–Crippen MR) is 131 cm³/mol. The first-order chi connectivity index (χ1) is 16.6. The molecule has 1 aromatic heterocycles. The summed E-state index contributed by atoms with van der Waals surface area (Å²) in [5.74, 6) is -2.34. The maximum absolute atomic E-state index is 14.9. The molecule has 3 unspecified atom stereocenters. The number of hydrogen-bond donors (Lipinski definition) is 4. The van der Waals surface area contributed by atoms with Crippen LogP contribution in [0, 0.1) is 11.6 Å². The zero-order chi connectivity index (χ0) is 25.1. The standard InChI is InChI=1S/C24H28F2N6O2S/c1-24(34)8-7-13-18(31-9-3-4-12(27)11-31)16(10-30-20(13)24)32-19(21(28)33)22(29)35-23(32)17-14(25)5-2-6-15(17)26/h2,5-6,10,12,23,34H,3-4,7-9,11,27,29H2,1H3,(H2,28,33). The van der Waals surface area contributed by atoms with Crippen LogP contribution in [0.3, 0.4) is 0 Å². The van der Waals surface area contributed by atoms with Crippen molar-refractivity contribution >= 4 is 29.0 Å². The molecule has 2 aliphatic heterocycles. The molecule has 35 heavy (non-hydrogen) atoms. The number of piperidine rings is 1. The maximum atomic E-state index is 14.9. The fraction of sp³-hybridized carbons (Fsp3) is 0.417. The molecule has 0 spiro atoms. The topological polar surface area (TPSA) is 135 Å². The van der Waals surface area contributed by atoms with Gasteiger partial charge in [-0.05, 0) is 44.7 Å². The molecule has 1 saturated heterocycles. The van der Waals surface area contributed by atoms with Gasteiger partial charge < -0.3 is 32.1 Å². The third kappa shape index (κ3) is 3.91. The lowest BCUT2D eigenvalue weighted by molar-refractivity contribution is -0.114. The number of benzene rings is 1. The number of nitrogens with zero attached hydrogens (tertiary/aromatic N) is 3. The lowest BCUT2D eigenvalue weighted by atomic mass is 10.0. The van der Waals surface area contributed by atoms with E-state index in [2.05, 4.69) is 9.88 Å². The number of amides is 1. The van der Waals surface area contributed by atoms with E-state index in [4.69, 9.17) is 17.2 Å². The molecule has 3 atom stereocenters. The number of aromatic nitrogens is 1. The molecular weight excluding hydrogens is 474 g/mol. The van der Waals surface area contributed by atoms with Crippen molar-refractivity contribution in [1.82, 2.24) is 4.98 Å². The number of carbonyl (C=O) groups excluding carboxylic acids is 1. The number of pyridine rings is 1. The molecule has 1 fully saturated rings. The van der Waals surface area contributed by atoms with Crippen molar-refractivity contribution in [3.63, 3.8) is 0 Å². The van der Waals surface area contributed by atoms with Gasteiger partial charge in [-0.3, -0.25) is 9.78 Å². The number of aliphatic hydroxyl groups is 1. The van der Waals surface area contributed by atoms with E-state index in [1.165, 1.54) is 17.2 Å². The summed E-state index contributed by atoms with van der Waals surface area (Å²) in [5.41, 5.74) is 19.4. The molecule has 1 aromatic carbocycles. The van der Waals surface area contributed by atoms with Gasteiger partial charge in [0.1, 0.15) is 28.3 Å². The van der Waals surface area contributed by atoms with Crippen molar-refractivity contribution in [3.05, 3.63) is 63.6 Å². The van der Waals surface area contributed by atoms with Crippen molar-refractivity contribution in [2.45, 2.75) is 49.6 Å². The SMILES string of the molecule is CC1(O)CCc2c1ncc(N1C(C(N)=O)=C(N)SC1c1c(F)cccc1F)c2N1CCCC(N)C1. The van der Waals surface area contributed by atoms with Crippen molar-refractivity contribution < 1.29 is 18.7 Å². The van der Waals surface area contributed by atoms with Crippen molar-refractivity contribution in [3.8, 4) is 0 Å². The number of halogens is 2. The Morgan fingerprint density at radius 1 is 1.31 bits per heavy atom. The van der Waals surface area contributed by atoms with Gasteiger partial charge in [-0.2, -0.15) is 0 Å². The fourth-order valence-corrected chi connectivity index (χ4v) is 6.57. The highest BCUT2D eigenvalue weighted by atomic mass is 32.2. The number of rotatable bonds is 4. The van der Waals surface area contributed by atoms with Gasteiger partial charge in [0.2, 0.25) is 0 Å². The van der Waals surface area contributed by atoms with Crippen LogP contribution in [0.25, 0.3) is 0 Å². The average Bonchev–Trinajstić information content (AvgIpc) is 3.29. The van der Waals surface area contributed by atoms with E-state index >= 15 is 0 Å². The molecule has 1 amide bonds. The molecule has 7 N–H and O–H groups in total. The van der Waals surface area contributed by atoms with E-state index in [1.807, 2.05) is 0 Å². The summed E-state index contributed by atoms with van der Waals surface area (Å²) in [6.45, 7) is 2.97. The summed E-state index contributed by atoms with van der Waals surface area (Å²) in [6.07, 6.45) is 4.29. The summed E-state index contributed by atoms with van der Waals surface area (Å²) in [7, 11) is 0. The number of hydrogen-bond acceptors (Lipinski definition) is 8. The van der Waals surface area contributed by atoms with Crippen LogP contribution in [0.2, 0.25) is 0 Å². The van der Waals surface area contributed by atoms with Crippen LogP contribution in [0.15, 0.2) is 35.1 Å². The summed E-state index contributed by atoms with van der Waals surface area (Å²) < 4.78 is 29.9. The zero-order valence-electron chi connectivity index (χ0n) is 19.3. The zero-order valence-corrected chi connectivity index (χ0v) is 20.1. The highest BCUT2D eigenvalue weighted by Crippen LogP contribution is 2.53. The summed E-state index contributed by atoms with van der Waals surface area (Å²) in [6, 6.07) is 3.55. The number of anilines is 2. The van der Waals surface area contributed by atoms with Gasteiger partial charge in [0.15, 0.2) is 0 Å². The van der Waals surface area contributed by atoms with Crippen molar-refractivity contribution in [1.29, 1.82) is 0 Å². The van der Waals surface area contributed by atoms with Crippen LogP contribution < -0.4 is 27.0 Å². The number of thioether (sulfide) groups is 1. The molecule has 1 aliphatic carbocycles. The minimum absolute atomic E-state index is 0.0447. The van der Waals surface area contributed by atoms with Crippen LogP contribution in [0.4, 0.5) is 20.2 Å². The molecule has 0 saturated carbocycles. The lowest BCUT2D eigenvalue weighted by Gasteiger charge is -2.38. The van der Waals surface area contributed by atoms with Crippen LogP contribution in [0.1, 0.15) is 48.4 Å². The minimum atomic E-state index is -1.11. The molecule has 186 valence electrons. The Labute approximate surface area is 206 Å². The van der Waals surface area contributed by atoms with Gasteiger partial charge in [0.05, 0.1) is 33.9 Å². The second-order valence-electron chi connectivity index (χ2n) is 9.49. The predicted octanol–water partition coefficient (Wildman–Crippen LogP) is 2.31. The fourth-order valence-electron chi connectivity index (χ4n) is 5.35. The quantitative estimate of drug-likeness (QED) is 0.500. The highest BCUT2D eigenvalue weighted by Gasteiger charge is 2.44. The smallest absolute Gasteiger partial charge is 0.268 e. The Morgan fingerprint density at radius 3 is 2.69 bits per heavy atom. The van der Waals surface area contributed by atoms with E-state index in [-0.39, 0.29) is 22.3 Å². The Kier molecular flexibility index (Phi) is 5.89. The normalized spacial score (nSPS) is 26.4. The van der Waals surface area contributed by atoms with Crippen LogP contribution in [-0.4, -0.2) is 35.1 Å². The number of primary amides is 1. The molecule has 8 nitrogen and oxygen atoms in total. The van der Waals surface area contributed by atoms with E-state index in [0.717, 1.165) is 48.0 Å². The molecular formula is C24H28F2N6O2S.